The van der Waals surface area contributed by atoms with Crippen molar-refractivity contribution in [1.29, 1.82) is 0 Å². The summed E-state index contributed by atoms with van der Waals surface area (Å²) in [6.07, 6.45) is 2.94. The van der Waals surface area contributed by atoms with E-state index in [0.29, 0.717) is 29.6 Å². The van der Waals surface area contributed by atoms with E-state index in [4.69, 9.17) is 13.9 Å². The molecule has 0 saturated carbocycles. The van der Waals surface area contributed by atoms with Gasteiger partial charge in [-0.05, 0) is 54.7 Å². The first-order valence-electron chi connectivity index (χ1n) is 12.6. The lowest BCUT2D eigenvalue weighted by atomic mass is 9.96. The quantitative estimate of drug-likeness (QED) is 0.296. The molecule has 37 heavy (non-hydrogen) atoms. The molecule has 1 aliphatic heterocycles. The Morgan fingerprint density at radius 3 is 2.78 bits per heavy atom. The van der Waals surface area contributed by atoms with Crippen molar-refractivity contribution < 1.29 is 23.5 Å². The molecular weight excluding hydrogens is 472 g/mol. The van der Waals surface area contributed by atoms with Crippen LogP contribution in [0.3, 0.4) is 0 Å². The van der Waals surface area contributed by atoms with Crippen molar-refractivity contribution in [2.24, 2.45) is 0 Å². The van der Waals surface area contributed by atoms with Gasteiger partial charge in [-0.15, -0.1) is 0 Å². The fraction of sp³-hybridized carbons (Fsp3) is 0.345. The molecule has 1 N–H and O–H groups in total. The highest BCUT2D eigenvalue weighted by Crippen LogP contribution is 2.33. The van der Waals surface area contributed by atoms with Gasteiger partial charge in [0.25, 0.3) is 5.91 Å². The number of carbonyl (C=O) groups excluding carboxylic acids is 2. The number of rotatable bonds is 7. The second kappa shape index (κ2) is 10.1. The monoisotopic (exact) mass is 502 g/mol. The van der Waals surface area contributed by atoms with E-state index in [1.807, 2.05) is 37.3 Å². The number of benzene rings is 2. The van der Waals surface area contributed by atoms with Gasteiger partial charge < -0.3 is 23.8 Å². The molecule has 0 spiro atoms. The van der Waals surface area contributed by atoms with E-state index in [9.17, 15) is 14.4 Å². The van der Waals surface area contributed by atoms with Crippen molar-refractivity contribution in [2.75, 3.05) is 13.7 Å². The molecule has 8 heteroatoms. The summed E-state index contributed by atoms with van der Waals surface area (Å²) in [5.74, 6) is -0.313. The molecule has 0 bridgehead atoms. The number of hydrogen-bond donors (Lipinski definition) is 1. The Hall–Kier alpha value is -4.07. The molecule has 2 aromatic carbocycles. The summed E-state index contributed by atoms with van der Waals surface area (Å²) in [7, 11) is 1.33. The summed E-state index contributed by atoms with van der Waals surface area (Å²) in [5.41, 5.74) is 4.61. The maximum absolute atomic E-state index is 13.5. The lowest BCUT2D eigenvalue weighted by molar-refractivity contribution is -0.154. The first-order valence-corrected chi connectivity index (χ1v) is 12.6. The Bertz CT molecular complexity index is 1550. The van der Waals surface area contributed by atoms with Crippen molar-refractivity contribution in [2.45, 2.75) is 52.1 Å². The van der Waals surface area contributed by atoms with Crippen LogP contribution in [0, 0.1) is 6.92 Å². The van der Waals surface area contributed by atoms with Gasteiger partial charge in [0, 0.05) is 29.1 Å². The molecular formula is C29H30N2O6. The zero-order valence-corrected chi connectivity index (χ0v) is 21.3. The summed E-state index contributed by atoms with van der Waals surface area (Å²) < 4.78 is 16.6. The molecule has 1 amide bonds. The number of aromatic nitrogens is 1. The van der Waals surface area contributed by atoms with Crippen LogP contribution < -0.4 is 10.4 Å². The van der Waals surface area contributed by atoms with E-state index < -0.39 is 17.6 Å². The molecule has 0 saturated heterocycles. The third-order valence-corrected chi connectivity index (χ3v) is 6.98. The van der Waals surface area contributed by atoms with Crippen LogP contribution in [-0.2, 0) is 33.7 Å². The van der Waals surface area contributed by atoms with E-state index in [1.54, 1.807) is 6.07 Å². The maximum atomic E-state index is 13.5. The van der Waals surface area contributed by atoms with Gasteiger partial charge in [0.2, 0.25) is 0 Å². The Labute approximate surface area is 214 Å². The summed E-state index contributed by atoms with van der Waals surface area (Å²) in [4.78, 5) is 43.2. The molecule has 2 aromatic heterocycles. The lowest BCUT2D eigenvalue weighted by Gasteiger charge is -2.33. The van der Waals surface area contributed by atoms with Gasteiger partial charge >= 0.3 is 11.6 Å². The highest BCUT2D eigenvalue weighted by atomic mass is 16.5. The van der Waals surface area contributed by atoms with Crippen LogP contribution in [0.4, 0.5) is 0 Å². The first-order chi connectivity index (χ1) is 17.9. The highest BCUT2D eigenvalue weighted by Gasteiger charge is 2.37. The minimum Gasteiger partial charge on any atom is -0.483 e. The molecule has 1 atom stereocenters. The van der Waals surface area contributed by atoms with E-state index in [1.165, 1.54) is 18.1 Å². The van der Waals surface area contributed by atoms with Crippen LogP contribution in [0.15, 0.2) is 51.7 Å². The number of fused-ring (bicyclic) bond motifs is 4. The summed E-state index contributed by atoms with van der Waals surface area (Å²) in [5, 5.41) is 1.74. The maximum Gasteiger partial charge on any atom is 0.336 e. The first kappa shape index (κ1) is 24.6. The smallest absolute Gasteiger partial charge is 0.336 e. The number of methoxy groups -OCH3 is 1. The van der Waals surface area contributed by atoms with Crippen LogP contribution in [0.2, 0.25) is 0 Å². The van der Waals surface area contributed by atoms with Crippen molar-refractivity contribution in [3.05, 3.63) is 75.3 Å². The van der Waals surface area contributed by atoms with Crippen molar-refractivity contribution in [3.8, 4) is 5.75 Å². The topological polar surface area (TPSA) is 102 Å². The minimum atomic E-state index is -0.750. The van der Waals surface area contributed by atoms with Crippen molar-refractivity contribution in [3.63, 3.8) is 0 Å². The third kappa shape index (κ3) is 4.71. The summed E-state index contributed by atoms with van der Waals surface area (Å²) in [6.45, 7) is 3.94. The van der Waals surface area contributed by atoms with E-state index in [0.717, 1.165) is 46.1 Å². The molecule has 0 radical (unpaired) electrons. The van der Waals surface area contributed by atoms with Crippen LogP contribution in [0.25, 0.3) is 21.9 Å². The Morgan fingerprint density at radius 1 is 1.19 bits per heavy atom. The SMILES string of the molecule is CCCCc1cc(=O)oc2cc(C)cc(OCC(=O)N3Cc4[nH]c5ccccc5c4CC3C(=O)OC)c12. The number of aromatic amines is 1. The molecule has 1 unspecified atom stereocenters. The van der Waals surface area contributed by atoms with Crippen LogP contribution in [0.1, 0.15) is 42.1 Å². The second-order valence-electron chi connectivity index (χ2n) is 9.51. The molecule has 3 heterocycles. The van der Waals surface area contributed by atoms with Crippen molar-refractivity contribution in [1.82, 2.24) is 9.88 Å². The fourth-order valence-electron chi connectivity index (χ4n) is 5.19. The predicted molar refractivity (Wildman–Crippen MR) is 140 cm³/mol. The zero-order valence-electron chi connectivity index (χ0n) is 21.3. The number of para-hydroxylation sites is 1. The lowest BCUT2D eigenvalue weighted by Crippen LogP contribution is -2.50. The summed E-state index contributed by atoms with van der Waals surface area (Å²) in [6, 6.07) is 12.3. The molecule has 5 rings (SSSR count). The average molecular weight is 503 g/mol. The molecule has 8 nitrogen and oxygen atoms in total. The highest BCUT2D eigenvalue weighted by molar-refractivity contribution is 5.91. The number of amides is 1. The molecule has 192 valence electrons. The van der Waals surface area contributed by atoms with E-state index >= 15 is 0 Å². The van der Waals surface area contributed by atoms with Gasteiger partial charge in [-0.3, -0.25) is 4.79 Å². The number of ether oxygens (including phenoxy) is 2. The number of unbranched alkanes of at least 4 members (excludes halogenated alkanes) is 1. The van der Waals surface area contributed by atoms with Gasteiger partial charge in [-0.2, -0.15) is 0 Å². The largest absolute Gasteiger partial charge is 0.483 e. The number of nitrogens with one attached hydrogen (secondary N) is 1. The Balaban J connectivity index is 1.45. The summed E-state index contributed by atoms with van der Waals surface area (Å²) >= 11 is 0. The van der Waals surface area contributed by atoms with E-state index in [-0.39, 0.29) is 19.1 Å². The molecule has 0 fully saturated rings. The number of H-pyrrole nitrogens is 1. The molecule has 1 aliphatic rings. The standard InChI is InChI=1S/C29H30N2O6/c1-4-5-8-18-13-27(33)37-25-12-17(2)11-24(28(18)25)36-16-26(32)31-15-22-20(14-23(31)29(34)35-3)19-9-6-7-10-21(19)30-22/h6-7,9-13,23,30H,4-5,8,14-16H2,1-3H3. The number of esters is 1. The van der Waals surface area contributed by atoms with Crippen molar-refractivity contribution >= 4 is 33.7 Å². The van der Waals surface area contributed by atoms with Crippen LogP contribution in [0.5, 0.6) is 5.75 Å². The average Bonchev–Trinajstić information content (AvgIpc) is 3.26. The Morgan fingerprint density at radius 2 is 2.00 bits per heavy atom. The van der Waals surface area contributed by atoms with Gasteiger partial charge in [0.1, 0.15) is 17.4 Å². The zero-order chi connectivity index (χ0) is 26.1. The fourth-order valence-corrected chi connectivity index (χ4v) is 5.19. The van der Waals surface area contributed by atoms with Gasteiger partial charge in [-0.25, -0.2) is 9.59 Å². The number of carbonyl (C=O) groups is 2. The predicted octanol–water partition coefficient (Wildman–Crippen LogP) is 4.43. The number of aryl methyl sites for hydroxylation is 2. The third-order valence-electron chi connectivity index (χ3n) is 6.98. The van der Waals surface area contributed by atoms with E-state index in [2.05, 4.69) is 11.9 Å². The normalized spacial score (nSPS) is 15.1. The Kier molecular flexibility index (Phi) is 6.74. The molecule has 0 aliphatic carbocycles. The molecule has 4 aromatic rings. The number of nitrogens with zero attached hydrogens (tertiary/aromatic N) is 1. The minimum absolute atomic E-state index is 0.247. The van der Waals surface area contributed by atoms with Gasteiger partial charge in [0.15, 0.2) is 6.61 Å². The van der Waals surface area contributed by atoms with Crippen LogP contribution >= 0.6 is 0 Å². The van der Waals surface area contributed by atoms with Crippen LogP contribution in [-0.4, -0.2) is 41.5 Å². The van der Waals surface area contributed by atoms with Gasteiger partial charge in [-0.1, -0.05) is 31.5 Å². The number of hydrogen-bond acceptors (Lipinski definition) is 6. The van der Waals surface area contributed by atoms with Gasteiger partial charge in [0.05, 0.1) is 19.0 Å². The second-order valence-corrected chi connectivity index (χ2v) is 9.51.